The highest BCUT2D eigenvalue weighted by Crippen LogP contribution is 2.44. The summed E-state index contributed by atoms with van der Waals surface area (Å²) in [5, 5.41) is 30.3. The molecule has 6 aromatic rings. The molecule has 4 N–H and O–H groups in total. The van der Waals surface area contributed by atoms with Crippen molar-refractivity contribution >= 4 is 0 Å². The van der Waals surface area contributed by atoms with Gasteiger partial charge in [0.15, 0.2) is 0 Å². The monoisotopic (exact) mass is 1060 g/mol. The van der Waals surface area contributed by atoms with Crippen molar-refractivity contribution in [2.24, 2.45) is 0 Å². The summed E-state index contributed by atoms with van der Waals surface area (Å²) >= 11 is 0. The molecule has 0 fully saturated rings. The molecule has 0 aromatic heterocycles. The van der Waals surface area contributed by atoms with Gasteiger partial charge in [0, 0.05) is 51.9 Å². The van der Waals surface area contributed by atoms with Crippen molar-refractivity contribution in [3.8, 4) is 23.0 Å². The van der Waals surface area contributed by atoms with E-state index in [-0.39, 0.29) is 34.9 Å². The summed E-state index contributed by atoms with van der Waals surface area (Å²) in [5.41, 5.74) is 14.9. The summed E-state index contributed by atoms with van der Waals surface area (Å²) in [4.78, 5) is 0. The van der Waals surface area contributed by atoms with Crippen LogP contribution < -0.4 is 29.6 Å². The number of aliphatic hydroxyl groups excluding tert-OH is 2. The third-order valence-electron chi connectivity index (χ3n) is 14.8. The molecule has 0 saturated carbocycles. The number of hydrogen-bond donors (Lipinski definition) is 4. The second-order valence-electron chi connectivity index (χ2n) is 26.1. The highest BCUT2D eigenvalue weighted by molar-refractivity contribution is 5.60. The second-order valence-corrected chi connectivity index (χ2v) is 26.1. The Morgan fingerprint density at radius 1 is 0.385 bits per heavy atom. The van der Waals surface area contributed by atoms with Crippen molar-refractivity contribution in [1.29, 1.82) is 0 Å². The number of aliphatic hydroxyl groups is 2. The SMILES string of the molecule is CCCOc1c2cc(C(C)(C)C)cc1Cc1cc(C(C)(C)C)cc(c1OC[C@H](O)CNCc1ccccc1)Cc1cc(C(C)(C)C)cc(c1OCCC)Cc1cc(C(C)(C)C)cc(c1OCC(O)CNCc1ccccc1)C2. The van der Waals surface area contributed by atoms with Crippen LogP contribution in [0, 0.1) is 0 Å². The Balaban J connectivity index is 1.48. The van der Waals surface area contributed by atoms with Crippen LogP contribution in [-0.4, -0.2) is 61.9 Å². The minimum atomic E-state index is -0.761. The summed E-state index contributed by atoms with van der Waals surface area (Å²) in [5.74, 6) is 3.34. The van der Waals surface area contributed by atoms with Crippen molar-refractivity contribution in [2.75, 3.05) is 39.5 Å². The van der Waals surface area contributed by atoms with E-state index in [2.05, 4.69) is 180 Å². The number of hydrogen-bond acceptors (Lipinski definition) is 8. The molecule has 7 rings (SSSR count). The van der Waals surface area contributed by atoms with E-state index in [1.165, 1.54) is 22.3 Å². The van der Waals surface area contributed by atoms with E-state index in [0.29, 0.717) is 65.1 Å². The van der Waals surface area contributed by atoms with Crippen molar-refractivity contribution in [3.63, 3.8) is 0 Å². The standard InChI is InChI=1S/C70H94N2O6/c1-15-27-75-63-49-29-53-37-59(69(9,10)11)39-55(65(53)77-45-61(73)43-71-41-47-23-19-17-20-24-47)31-51-35-58(68(6,7)8)36-52(64(51)76-28-16-2)32-56-40-60(70(12,13)14)38-54(30-50(63)34-57(33-49)67(3,4)5)66(56)78-46-62(74)44-72-42-48-25-21-18-22-26-48/h17-26,33-40,61-62,71-74H,15-16,27-32,41-46H2,1-14H3/t61-,62?/m1/s1. The van der Waals surface area contributed by atoms with E-state index >= 15 is 0 Å². The first kappa shape index (κ1) is 60.0. The largest absolute Gasteiger partial charge is 0.493 e. The maximum Gasteiger partial charge on any atom is 0.126 e. The van der Waals surface area contributed by atoms with Crippen molar-refractivity contribution < 1.29 is 29.2 Å². The lowest BCUT2D eigenvalue weighted by Gasteiger charge is -2.29. The lowest BCUT2D eigenvalue weighted by atomic mass is 9.79. The van der Waals surface area contributed by atoms with Crippen molar-refractivity contribution in [3.05, 3.63) is 187 Å². The van der Waals surface area contributed by atoms with Gasteiger partial charge < -0.3 is 39.8 Å². The third kappa shape index (κ3) is 16.2. The van der Waals surface area contributed by atoms with Crippen LogP contribution in [0.5, 0.6) is 23.0 Å². The van der Waals surface area contributed by atoms with Crippen LogP contribution >= 0.6 is 0 Å². The molecule has 0 heterocycles. The van der Waals surface area contributed by atoms with Gasteiger partial charge in [-0.25, -0.2) is 0 Å². The maximum absolute atomic E-state index is 11.7. The first-order chi connectivity index (χ1) is 36.9. The Hall–Kier alpha value is -5.64. The topological polar surface area (TPSA) is 101 Å². The molecule has 1 aliphatic rings. The normalized spacial score (nSPS) is 13.9. The molecule has 6 aromatic carbocycles. The zero-order valence-corrected chi connectivity index (χ0v) is 50.0. The van der Waals surface area contributed by atoms with E-state index < -0.39 is 12.2 Å². The van der Waals surface area contributed by atoms with Gasteiger partial charge >= 0.3 is 0 Å². The quantitative estimate of drug-likeness (QED) is 0.0599. The molecule has 0 aliphatic heterocycles. The Labute approximate surface area is 469 Å². The molecule has 1 unspecified atom stereocenters. The van der Waals surface area contributed by atoms with Crippen LogP contribution in [0.15, 0.2) is 109 Å². The van der Waals surface area contributed by atoms with Gasteiger partial charge in [0.25, 0.3) is 0 Å². The van der Waals surface area contributed by atoms with Crippen LogP contribution in [-0.2, 0) is 60.4 Å². The molecule has 1 aliphatic carbocycles. The van der Waals surface area contributed by atoms with Crippen LogP contribution in [0.2, 0.25) is 0 Å². The number of ether oxygens (including phenoxy) is 4. The fraction of sp³-hybridized carbons (Fsp3) is 0.486. The Bertz CT molecular complexity index is 2600. The summed E-state index contributed by atoms with van der Waals surface area (Å²) in [6, 6.07) is 39.4. The Kier molecular flexibility index (Phi) is 20.1. The lowest BCUT2D eigenvalue weighted by Crippen LogP contribution is -2.31. The summed E-state index contributed by atoms with van der Waals surface area (Å²) < 4.78 is 28.3. The molecular weight excluding hydrogens is 965 g/mol. The summed E-state index contributed by atoms with van der Waals surface area (Å²) in [6.07, 6.45) is 2.32. The second kappa shape index (κ2) is 26.1. The van der Waals surface area contributed by atoms with Gasteiger partial charge in [-0.05, 0) is 112 Å². The Morgan fingerprint density at radius 2 is 0.628 bits per heavy atom. The first-order valence-corrected chi connectivity index (χ1v) is 28.9. The smallest absolute Gasteiger partial charge is 0.126 e. The summed E-state index contributed by atoms with van der Waals surface area (Å²) in [7, 11) is 0. The number of fused-ring (bicyclic) bond motifs is 8. The van der Waals surface area contributed by atoms with E-state index in [1.807, 2.05) is 36.4 Å². The van der Waals surface area contributed by atoms with Gasteiger partial charge in [0.1, 0.15) is 48.4 Å². The summed E-state index contributed by atoms with van der Waals surface area (Å²) in [6.45, 7) is 35.1. The molecule has 8 heteroatoms. The molecule has 78 heavy (non-hydrogen) atoms. The zero-order chi connectivity index (χ0) is 56.4. The lowest BCUT2D eigenvalue weighted by molar-refractivity contribution is 0.105. The van der Waals surface area contributed by atoms with E-state index in [0.717, 1.165) is 91.5 Å². The average molecular weight is 1060 g/mol. The van der Waals surface area contributed by atoms with Gasteiger partial charge in [0.2, 0.25) is 0 Å². The molecule has 8 bridgehead atoms. The molecule has 0 spiro atoms. The minimum absolute atomic E-state index is 0.112. The molecule has 0 saturated heterocycles. The van der Waals surface area contributed by atoms with Gasteiger partial charge in [-0.15, -0.1) is 0 Å². The first-order valence-electron chi connectivity index (χ1n) is 28.9. The number of benzene rings is 6. The molecule has 0 radical (unpaired) electrons. The Morgan fingerprint density at radius 3 is 0.859 bits per heavy atom. The van der Waals surface area contributed by atoms with Gasteiger partial charge in [-0.3, -0.25) is 0 Å². The van der Waals surface area contributed by atoms with Gasteiger partial charge in [-0.2, -0.15) is 0 Å². The van der Waals surface area contributed by atoms with Crippen molar-refractivity contribution in [1.82, 2.24) is 10.6 Å². The fourth-order valence-electron chi connectivity index (χ4n) is 10.2. The average Bonchev–Trinajstić information content (AvgIpc) is 3.54. The van der Waals surface area contributed by atoms with Crippen LogP contribution in [0.3, 0.4) is 0 Å². The molecule has 0 amide bonds. The number of rotatable bonds is 20. The zero-order valence-electron chi connectivity index (χ0n) is 50.0. The van der Waals surface area contributed by atoms with Crippen LogP contribution in [0.1, 0.15) is 188 Å². The maximum atomic E-state index is 11.7. The van der Waals surface area contributed by atoms with E-state index in [9.17, 15) is 10.2 Å². The van der Waals surface area contributed by atoms with E-state index in [1.54, 1.807) is 0 Å². The molecule has 420 valence electrons. The van der Waals surface area contributed by atoms with Gasteiger partial charge in [0.05, 0.1) is 13.2 Å². The van der Waals surface area contributed by atoms with Crippen LogP contribution in [0.25, 0.3) is 0 Å². The van der Waals surface area contributed by atoms with Crippen molar-refractivity contribution in [2.45, 2.75) is 182 Å². The fourth-order valence-corrected chi connectivity index (χ4v) is 10.2. The molecule has 8 nitrogen and oxygen atoms in total. The molecule has 2 atom stereocenters. The predicted octanol–water partition coefficient (Wildman–Crippen LogP) is 14.2. The minimum Gasteiger partial charge on any atom is -0.493 e. The molecular formula is C70H94N2O6. The predicted molar refractivity (Wildman–Crippen MR) is 323 cm³/mol. The highest BCUT2D eigenvalue weighted by atomic mass is 16.5. The third-order valence-corrected chi connectivity index (χ3v) is 14.8. The van der Waals surface area contributed by atoms with E-state index in [4.69, 9.17) is 18.9 Å². The van der Waals surface area contributed by atoms with Crippen LogP contribution in [0.4, 0.5) is 0 Å². The van der Waals surface area contributed by atoms with Gasteiger partial charge in [-0.1, -0.05) is 206 Å². The highest BCUT2D eigenvalue weighted by Gasteiger charge is 2.30. The number of nitrogens with one attached hydrogen (secondary N) is 2.